The predicted molar refractivity (Wildman–Crippen MR) is 90.3 cm³/mol. The monoisotopic (exact) mass is 316 g/mol. The Labute approximate surface area is 131 Å². The van der Waals surface area contributed by atoms with E-state index in [9.17, 15) is 8.42 Å². The van der Waals surface area contributed by atoms with Gasteiger partial charge in [-0.2, -0.15) is 0 Å². The lowest BCUT2D eigenvalue weighted by atomic mass is 10.2. The van der Waals surface area contributed by atoms with Crippen LogP contribution in [0.2, 0.25) is 0 Å². The second-order valence-electron chi connectivity index (χ2n) is 4.98. The van der Waals surface area contributed by atoms with Crippen LogP contribution in [0.3, 0.4) is 0 Å². The van der Waals surface area contributed by atoms with Gasteiger partial charge >= 0.3 is 0 Å². The van der Waals surface area contributed by atoms with Gasteiger partial charge in [-0.05, 0) is 30.2 Å². The van der Waals surface area contributed by atoms with Gasteiger partial charge in [0.05, 0.1) is 5.69 Å². The lowest BCUT2D eigenvalue weighted by Crippen LogP contribution is -2.24. The quantitative estimate of drug-likeness (QED) is 0.772. The van der Waals surface area contributed by atoms with Crippen LogP contribution in [0.4, 0.5) is 5.69 Å². The van der Waals surface area contributed by atoms with Crippen LogP contribution in [0.5, 0.6) is 0 Å². The summed E-state index contributed by atoms with van der Waals surface area (Å²) in [5.74, 6) is 0. The molecule has 0 bridgehead atoms. The molecule has 0 spiro atoms. The number of sulfonamides is 1. The zero-order valence-corrected chi connectivity index (χ0v) is 13.4. The van der Waals surface area contributed by atoms with Crippen LogP contribution in [-0.4, -0.2) is 15.0 Å². The Balaban J connectivity index is 2.23. The fourth-order valence-electron chi connectivity index (χ4n) is 2.05. The maximum absolute atomic E-state index is 12.5. The standard InChI is InChI=1S/C17H20N2O2S/c1-3-11-18-16-12-14(2)9-10-17(16)22(20,21)19-13-15-7-5-4-6-8-15/h3-10,12,18-19H,1,11,13H2,2H3. The van der Waals surface area contributed by atoms with Crippen molar-refractivity contribution in [1.29, 1.82) is 0 Å². The van der Waals surface area contributed by atoms with Crippen molar-refractivity contribution in [2.75, 3.05) is 11.9 Å². The van der Waals surface area contributed by atoms with E-state index in [1.165, 1.54) is 0 Å². The summed E-state index contributed by atoms with van der Waals surface area (Å²) >= 11 is 0. The molecule has 4 nitrogen and oxygen atoms in total. The van der Waals surface area contributed by atoms with Crippen molar-refractivity contribution in [3.05, 3.63) is 72.3 Å². The molecular formula is C17H20N2O2S. The second kappa shape index (κ2) is 7.24. The van der Waals surface area contributed by atoms with Crippen LogP contribution >= 0.6 is 0 Å². The van der Waals surface area contributed by atoms with Crippen LogP contribution in [0.15, 0.2) is 66.1 Å². The Bertz CT molecular complexity index is 741. The number of aryl methyl sites for hydroxylation is 1. The molecule has 0 heterocycles. The zero-order valence-electron chi connectivity index (χ0n) is 12.5. The maximum Gasteiger partial charge on any atom is 0.242 e. The van der Waals surface area contributed by atoms with Gasteiger partial charge in [0.25, 0.3) is 0 Å². The minimum absolute atomic E-state index is 0.246. The molecule has 116 valence electrons. The molecule has 0 aromatic heterocycles. The largest absolute Gasteiger partial charge is 0.380 e. The number of anilines is 1. The summed E-state index contributed by atoms with van der Waals surface area (Å²) in [6.45, 7) is 6.33. The highest BCUT2D eigenvalue weighted by Gasteiger charge is 2.18. The highest BCUT2D eigenvalue weighted by atomic mass is 32.2. The molecule has 0 aliphatic rings. The molecule has 0 aliphatic heterocycles. The molecule has 2 N–H and O–H groups in total. The lowest BCUT2D eigenvalue weighted by Gasteiger charge is -2.13. The van der Waals surface area contributed by atoms with Gasteiger partial charge in [0.15, 0.2) is 0 Å². The fraction of sp³-hybridized carbons (Fsp3) is 0.176. The number of benzene rings is 2. The molecule has 2 aromatic rings. The average molecular weight is 316 g/mol. The van der Waals surface area contributed by atoms with E-state index in [1.807, 2.05) is 43.3 Å². The molecule has 0 saturated carbocycles. The van der Waals surface area contributed by atoms with Crippen LogP contribution in [-0.2, 0) is 16.6 Å². The van der Waals surface area contributed by atoms with E-state index in [0.29, 0.717) is 12.2 Å². The number of nitrogens with one attached hydrogen (secondary N) is 2. The first-order chi connectivity index (χ1) is 10.5. The Morgan fingerprint density at radius 1 is 1.14 bits per heavy atom. The normalized spacial score (nSPS) is 11.1. The van der Waals surface area contributed by atoms with Crippen molar-refractivity contribution in [1.82, 2.24) is 4.72 Å². The smallest absolute Gasteiger partial charge is 0.242 e. The SMILES string of the molecule is C=CCNc1cc(C)ccc1S(=O)(=O)NCc1ccccc1. The summed E-state index contributed by atoms with van der Waals surface area (Å²) in [5.41, 5.74) is 2.49. The fourth-order valence-corrected chi connectivity index (χ4v) is 3.23. The molecule has 0 fully saturated rings. The lowest BCUT2D eigenvalue weighted by molar-refractivity contribution is 0.581. The summed E-state index contributed by atoms with van der Waals surface area (Å²) in [6.07, 6.45) is 1.69. The summed E-state index contributed by atoms with van der Waals surface area (Å²) in [7, 11) is -3.58. The van der Waals surface area contributed by atoms with E-state index >= 15 is 0 Å². The molecule has 2 aromatic carbocycles. The Hall–Kier alpha value is -2.11. The molecule has 22 heavy (non-hydrogen) atoms. The average Bonchev–Trinajstić information content (AvgIpc) is 2.52. The van der Waals surface area contributed by atoms with Crippen LogP contribution in [0.1, 0.15) is 11.1 Å². The topological polar surface area (TPSA) is 58.2 Å². The number of rotatable bonds is 7. The van der Waals surface area contributed by atoms with E-state index in [0.717, 1.165) is 11.1 Å². The van der Waals surface area contributed by atoms with Crippen molar-refractivity contribution >= 4 is 15.7 Å². The molecular weight excluding hydrogens is 296 g/mol. The summed E-state index contributed by atoms with van der Waals surface area (Å²) in [4.78, 5) is 0.246. The first-order valence-electron chi connectivity index (χ1n) is 7.02. The van der Waals surface area contributed by atoms with Crippen molar-refractivity contribution in [3.8, 4) is 0 Å². The molecule has 2 rings (SSSR count). The number of hydrogen-bond donors (Lipinski definition) is 2. The minimum atomic E-state index is -3.58. The van der Waals surface area contributed by atoms with Crippen LogP contribution in [0, 0.1) is 6.92 Å². The first-order valence-corrected chi connectivity index (χ1v) is 8.50. The van der Waals surface area contributed by atoms with E-state index in [2.05, 4.69) is 16.6 Å². The van der Waals surface area contributed by atoms with E-state index in [-0.39, 0.29) is 11.4 Å². The Morgan fingerprint density at radius 3 is 2.55 bits per heavy atom. The number of hydrogen-bond acceptors (Lipinski definition) is 3. The van der Waals surface area contributed by atoms with Crippen molar-refractivity contribution in [2.24, 2.45) is 0 Å². The highest BCUT2D eigenvalue weighted by molar-refractivity contribution is 7.89. The van der Waals surface area contributed by atoms with Crippen molar-refractivity contribution < 1.29 is 8.42 Å². The van der Waals surface area contributed by atoms with Gasteiger partial charge < -0.3 is 5.32 Å². The third kappa shape index (κ3) is 4.19. The van der Waals surface area contributed by atoms with Gasteiger partial charge in [-0.3, -0.25) is 0 Å². The van der Waals surface area contributed by atoms with Crippen LogP contribution < -0.4 is 10.0 Å². The minimum Gasteiger partial charge on any atom is -0.380 e. The first kappa shape index (κ1) is 16.3. The van der Waals surface area contributed by atoms with Gasteiger partial charge in [-0.1, -0.05) is 42.5 Å². The van der Waals surface area contributed by atoms with Gasteiger partial charge in [0.2, 0.25) is 10.0 Å². The second-order valence-corrected chi connectivity index (χ2v) is 6.71. The van der Waals surface area contributed by atoms with Gasteiger partial charge in [0, 0.05) is 13.1 Å². The third-order valence-electron chi connectivity index (χ3n) is 3.17. The molecule has 0 radical (unpaired) electrons. The summed E-state index contributed by atoms with van der Waals surface area (Å²) < 4.78 is 27.7. The third-order valence-corrected chi connectivity index (χ3v) is 4.63. The van der Waals surface area contributed by atoms with Gasteiger partial charge in [0.1, 0.15) is 4.90 Å². The van der Waals surface area contributed by atoms with Crippen LogP contribution in [0.25, 0.3) is 0 Å². The molecule has 0 unspecified atom stereocenters. The van der Waals surface area contributed by atoms with E-state index < -0.39 is 10.0 Å². The van der Waals surface area contributed by atoms with E-state index in [1.54, 1.807) is 18.2 Å². The van der Waals surface area contributed by atoms with Gasteiger partial charge in [-0.25, -0.2) is 13.1 Å². The van der Waals surface area contributed by atoms with Gasteiger partial charge in [-0.15, -0.1) is 6.58 Å². The molecule has 0 atom stereocenters. The zero-order chi connectivity index (χ0) is 16.0. The Morgan fingerprint density at radius 2 is 1.86 bits per heavy atom. The molecule has 0 aliphatic carbocycles. The Kier molecular flexibility index (Phi) is 5.35. The van der Waals surface area contributed by atoms with Crippen molar-refractivity contribution in [2.45, 2.75) is 18.4 Å². The summed E-state index contributed by atoms with van der Waals surface area (Å²) in [6, 6.07) is 14.7. The van der Waals surface area contributed by atoms with Crippen molar-refractivity contribution in [3.63, 3.8) is 0 Å². The maximum atomic E-state index is 12.5. The predicted octanol–water partition coefficient (Wildman–Crippen LogP) is 3.07. The molecule has 5 heteroatoms. The molecule has 0 saturated heterocycles. The van der Waals surface area contributed by atoms with E-state index in [4.69, 9.17) is 0 Å². The molecule has 0 amide bonds. The summed E-state index contributed by atoms with van der Waals surface area (Å²) in [5, 5.41) is 3.07. The highest BCUT2D eigenvalue weighted by Crippen LogP contribution is 2.22.